The Kier molecular flexibility index (Phi) is 4.78. The van der Waals surface area contributed by atoms with Crippen LogP contribution in [-0.2, 0) is 10.0 Å². The molecule has 25 heavy (non-hydrogen) atoms. The van der Waals surface area contributed by atoms with Crippen molar-refractivity contribution in [2.24, 2.45) is 0 Å². The molecule has 2 heterocycles. The third-order valence-corrected chi connectivity index (χ3v) is 5.40. The van der Waals surface area contributed by atoms with Gasteiger partial charge >= 0.3 is 0 Å². The molecule has 0 radical (unpaired) electrons. The zero-order valence-corrected chi connectivity index (χ0v) is 15.2. The Bertz CT molecular complexity index is 959. The maximum Gasteiger partial charge on any atom is 0.240 e. The number of aromatic nitrogens is 2. The Morgan fingerprint density at radius 1 is 1.16 bits per heavy atom. The van der Waals surface area contributed by atoms with Gasteiger partial charge in [-0.05, 0) is 56.7 Å². The van der Waals surface area contributed by atoms with Gasteiger partial charge in [0.15, 0.2) is 0 Å². The second-order valence-corrected chi connectivity index (χ2v) is 7.84. The lowest BCUT2D eigenvalue weighted by Crippen LogP contribution is -2.32. The number of nitrogens with one attached hydrogen (secondary N) is 1. The monoisotopic (exact) mass is 359 g/mol. The van der Waals surface area contributed by atoms with Crippen LogP contribution in [-0.4, -0.2) is 24.7 Å². The molecule has 7 heteroatoms. The Labute approximate surface area is 147 Å². The molecule has 2 aromatic heterocycles. The number of rotatable bonds is 6. The van der Waals surface area contributed by atoms with Crippen LogP contribution in [0.5, 0.6) is 0 Å². The number of hydrogen-bond acceptors (Lipinski definition) is 4. The molecule has 3 rings (SSSR count). The molecule has 3 aromatic rings. The first-order valence-corrected chi connectivity index (χ1v) is 9.47. The number of aryl methyl sites for hydroxylation is 3. The summed E-state index contributed by atoms with van der Waals surface area (Å²) >= 11 is 0. The molecule has 0 saturated carbocycles. The molecule has 0 aliphatic heterocycles. The minimum absolute atomic E-state index is 0.145. The molecular formula is C18H21N3O3S. The molecule has 0 aliphatic carbocycles. The van der Waals surface area contributed by atoms with Crippen molar-refractivity contribution in [2.45, 2.75) is 31.7 Å². The van der Waals surface area contributed by atoms with Gasteiger partial charge in [0.2, 0.25) is 10.0 Å². The number of furan rings is 1. The fraction of sp³-hybridized carbons (Fsp3) is 0.278. The fourth-order valence-electron chi connectivity index (χ4n) is 2.80. The highest BCUT2D eigenvalue weighted by Crippen LogP contribution is 2.21. The van der Waals surface area contributed by atoms with Gasteiger partial charge < -0.3 is 4.42 Å². The molecule has 0 spiro atoms. The van der Waals surface area contributed by atoms with Gasteiger partial charge in [0, 0.05) is 12.2 Å². The summed E-state index contributed by atoms with van der Waals surface area (Å²) < 4.78 is 35.2. The van der Waals surface area contributed by atoms with Crippen LogP contribution in [0.3, 0.4) is 0 Å². The van der Waals surface area contributed by atoms with Gasteiger partial charge in [-0.1, -0.05) is 12.1 Å². The first-order valence-electron chi connectivity index (χ1n) is 7.99. The molecule has 0 amide bonds. The number of hydrogen-bond donors (Lipinski definition) is 1. The van der Waals surface area contributed by atoms with Gasteiger partial charge in [-0.2, -0.15) is 5.10 Å². The zero-order chi connectivity index (χ0) is 18.0. The number of nitrogens with zero attached hydrogens (tertiary/aromatic N) is 2. The zero-order valence-electron chi connectivity index (χ0n) is 14.4. The first-order chi connectivity index (χ1) is 11.9. The van der Waals surface area contributed by atoms with Crippen molar-refractivity contribution in [1.29, 1.82) is 0 Å². The van der Waals surface area contributed by atoms with Gasteiger partial charge in [0.25, 0.3) is 0 Å². The van der Waals surface area contributed by atoms with Crippen LogP contribution in [0.2, 0.25) is 0 Å². The van der Waals surface area contributed by atoms with E-state index >= 15 is 0 Å². The molecule has 0 fully saturated rings. The van der Waals surface area contributed by atoms with E-state index in [1.807, 2.05) is 39.0 Å². The third-order valence-electron chi connectivity index (χ3n) is 3.98. The van der Waals surface area contributed by atoms with E-state index in [0.717, 1.165) is 17.0 Å². The third kappa shape index (κ3) is 3.83. The van der Waals surface area contributed by atoms with Crippen molar-refractivity contribution in [3.05, 3.63) is 71.4 Å². The van der Waals surface area contributed by atoms with Crippen LogP contribution in [0.1, 0.15) is 28.8 Å². The number of benzene rings is 1. The van der Waals surface area contributed by atoms with Crippen molar-refractivity contribution in [1.82, 2.24) is 14.5 Å². The topological polar surface area (TPSA) is 77.1 Å². The van der Waals surface area contributed by atoms with Crippen LogP contribution >= 0.6 is 0 Å². The summed E-state index contributed by atoms with van der Waals surface area (Å²) in [5, 5.41) is 4.48. The highest BCUT2D eigenvalue weighted by Gasteiger charge is 2.23. The molecule has 1 unspecified atom stereocenters. The SMILES string of the molecule is Cc1cccc(S(=O)(=O)NCC(c2ccco2)n2nc(C)cc2C)c1. The Balaban J connectivity index is 1.88. The molecule has 0 saturated heterocycles. The van der Waals surface area contributed by atoms with Crippen molar-refractivity contribution >= 4 is 10.0 Å². The van der Waals surface area contributed by atoms with Crippen LogP contribution in [0.25, 0.3) is 0 Å². The molecule has 0 bridgehead atoms. The van der Waals surface area contributed by atoms with E-state index in [1.54, 1.807) is 35.2 Å². The maximum absolute atomic E-state index is 12.6. The van der Waals surface area contributed by atoms with Crippen molar-refractivity contribution in [2.75, 3.05) is 6.54 Å². The minimum atomic E-state index is -3.62. The lowest BCUT2D eigenvalue weighted by atomic mass is 10.2. The van der Waals surface area contributed by atoms with Crippen molar-refractivity contribution < 1.29 is 12.8 Å². The van der Waals surface area contributed by atoms with E-state index in [0.29, 0.717) is 5.76 Å². The second kappa shape index (κ2) is 6.85. The fourth-order valence-corrected chi connectivity index (χ4v) is 3.95. The van der Waals surface area contributed by atoms with Crippen LogP contribution < -0.4 is 4.72 Å². The highest BCUT2D eigenvalue weighted by molar-refractivity contribution is 7.89. The average molecular weight is 359 g/mol. The van der Waals surface area contributed by atoms with E-state index in [9.17, 15) is 8.42 Å². The summed E-state index contributed by atoms with van der Waals surface area (Å²) in [6, 6.07) is 12.0. The van der Waals surface area contributed by atoms with Gasteiger partial charge in [-0.25, -0.2) is 13.1 Å². The summed E-state index contributed by atoms with van der Waals surface area (Å²) in [6.45, 7) is 5.84. The van der Waals surface area contributed by atoms with Gasteiger partial charge in [-0.3, -0.25) is 4.68 Å². The molecular weight excluding hydrogens is 338 g/mol. The van der Waals surface area contributed by atoms with E-state index in [1.165, 1.54) is 0 Å². The van der Waals surface area contributed by atoms with Crippen LogP contribution in [0, 0.1) is 20.8 Å². The molecule has 6 nitrogen and oxygen atoms in total. The summed E-state index contributed by atoms with van der Waals surface area (Å²) in [7, 11) is -3.62. The highest BCUT2D eigenvalue weighted by atomic mass is 32.2. The largest absolute Gasteiger partial charge is 0.467 e. The Hall–Kier alpha value is -2.38. The molecule has 1 aromatic carbocycles. The second-order valence-electron chi connectivity index (χ2n) is 6.07. The normalized spacial score (nSPS) is 13.1. The smallest absolute Gasteiger partial charge is 0.240 e. The van der Waals surface area contributed by atoms with Crippen molar-refractivity contribution in [3.8, 4) is 0 Å². The summed E-state index contributed by atoms with van der Waals surface area (Å²) in [5.41, 5.74) is 2.70. The predicted octanol–water partition coefficient (Wildman–Crippen LogP) is 2.97. The van der Waals surface area contributed by atoms with E-state index in [4.69, 9.17) is 4.42 Å². The quantitative estimate of drug-likeness (QED) is 0.734. The summed E-state index contributed by atoms with van der Waals surface area (Å²) in [6.07, 6.45) is 1.57. The van der Waals surface area contributed by atoms with Gasteiger partial charge in [-0.15, -0.1) is 0 Å². The molecule has 0 aliphatic rings. The average Bonchev–Trinajstić information content (AvgIpc) is 3.18. The maximum atomic E-state index is 12.6. The Morgan fingerprint density at radius 2 is 1.96 bits per heavy atom. The lowest BCUT2D eigenvalue weighted by Gasteiger charge is -2.18. The van der Waals surface area contributed by atoms with Gasteiger partial charge in [0.1, 0.15) is 11.8 Å². The lowest BCUT2D eigenvalue weighted by molar-refractivity contribution is 0.397. The van der Waals surface area contributed by atoms with Gasteiger partial charge in [0.05, 0.1) is 16.9 Å². The first kappa shape index (κ1) is 17.4. The van der Waals surface area contributed by atoms with Crippen molar-refractivity contribution in [3.63, 3.8) is 0 Å². The minimum Gasteiger partial charge on any atom is -0.467 e. The summed E-state index contributed by atoms with van der Waals surface area (Å²) in [5.74, 6) is 0.651. The standard InChI is InChI=1S/C18H21N3O3S/c1-13-6-4-7-16(10-13)25(22,23)19-12-17(18-8-5-9-24-18)21-15(3)11-14(2)20-21/h4-11,17,19H,12H2,1-3H3. The van der Waals surface area contributed by atoms with Crippen LogP contribution in [0.15, 0.2) is 58.0 Å². The summed E-state index contributed by atoms with van der Waals surface area (Å²) in [4.78, 5) is 0.249. The molecule has 1 N–H and O–H groups in total. The Morgan fingerprint density at radius 3 is 2.56 bits per heavy atom. The number of sulfonamides is 1. The molecule has 1 atom stereocenters. The molecule has 132 valence electrons. The van der Waals surface area contributed by atoms with E-state index < -0.39 is 10.0 Å². The van der Waals surface area contributed by atoms with Crippen LogP contribution in [0.4, 0.5) is 0 Å². The van der Waals surface area contributed by atoms with E-state index in [-0.39, 0.29) is 17.5 Å². The van der Waals surface area contributed by atoms with E-state index in [2.05, 4.69) is 9.82 Å². The predicted molar refractivity (Wildman–Crippen MR) is 94.9 cm³/mol.